The summed E-state index contributed by atoms with van der Waals surface area (Å²) < 4.78 is 0. The van der Waals surface area contributed by atoms with E-state index in [1.807, 2.05) is 0 Å². The van der Waals surface area contributed by atoms with Crippen molar-refractivity contribution >= 4 is 0 Å². The van der Waals surface area contributed by atoms with Crippen LogP contribution in [0.5, 0.6) is 0 Å². The third kappa shape index (κ3) is 4.21. The number of hydrogen-bond donors (Lipinski definition) is 1. The molecule has 0 heterocycles. The first kappa shape index (κ1) is 14.8. The Morgan fingerprint density at radius 2 is 1.50 bits per heavy atom. The minimum Gasteiger partial charge on any atom is -0.310 e. The van der Waals surface area contributed by atoms with E-state index in [0.717, 1.165) is 6.54 Å². The van der Waals surface area contributed by atoms with E-state index < -0.39 is 0 Å². The zero-order valence-corrected chi connectivity index (χ0v) is 12.8. The number of nitrogens with one attached hydrogen (secondary N) is 1. The Morgan fingerprint density at radius 1 is 0.850 bits per heavy atom. The van der Waals surface area contributed by atoms with E-state index in [2.05, 4.69) is 80.7 Å². The summed E-state index contributed by atoms with van der Waals surface area (Å²) in [4.78, 5) is 0. The predicted molar refractivity (Wildman–Crippen MR) is 87.1 cm³/mol. The molecule has 0 bridgehead atoms. The number of benzene rings is 2. The van der Waals surface area contributed by atoms with Gasteiger partial charge in [-0.25, -0.2) is 0 Å². The molecule has 106 valence electrons. The molecule has 0 aliphatic heterocycles. The van der Waals surface area contributed by atoms with E-state index in [9.17, 15) is 0 Å². The van der Waals surface area contributed by atoms with Crippen molar-refractivity contribution in [3.8, 4) is 0 Å². The Labute approximate surface area is 123 Å². The second kappa shape index (κ2) is 7.25. The predicted octanol–water partition coefficient (Wildman–Crippen LogP) is 4.84. The maximum atomic E-state index is 3.61. The Bertz CT molecular complexity index is 501. The highest BCUT2D eigenvalue weighted by molar-refractivity contribution is 5.24. The molecular weight excluding hydrogens is 242 g/mol. The monoisotopic (exact) mass is 267 g/mol. The maximum Gasteiger partial charge on any atom is 0.0291 e. The summed E-state index contributed by atoms with van der Waals surface area (Å²) in [5.41, 5.74) is 4.12. The summed E-state index contributed by atoms with van der Waals surface area (Å²) in [6.45, 7) is 7.72. The molecule has 1 nitrogen and oxygen atoms in total. The van der Waals surface area contributed by atoms with Gasteiger partial charge in [0.15, 0.2) is 0 Å². The molecule has 0 radical (unpaired) electrons. The fourth-order valence-corrected chi connectivity index (χ4v) is 2.44. The van der Waals surface area contributed by atoms with Gasteiger partial charge in [0.25, 0.3) is 0 Å². The molecule has 2 rings (SSSR count). The number of hydrogen-bond acceptors (Lipinski definition) is 1. The van der Waals surface area contributed by atoms with Crippen LogP contribution in [0.2, 0.25) is 0 Å². The molecule has 0 saturated heterocycles. The lowest BCUT2D eigenvalue weighted by molar-refractivity contribution is 0.531. The van der Waals surface area contributed by atoms with Crippen LogP contribution in [0.1, 0.15) is 48.9 Å². The fourth-order valence-electron chi connectivity index (χ4n) is 2.44. The van der Waals surface area contributed by atoms with Gasteiger partial charge in [0.1, 0.15) is 0 Å². The number of aryl methyl sites for hydroxylation is 1. The molecule has 2 aromatic carbocycles. The molecule has 0 aliphatic carbocycles. The Morgan fingerprint density at radius 3 is 2.15 bits per heavy atom. The van der Waals surface area contributed by atoms with E-state index >= 15 is 0 Å². The first-order valence-corrected chi connectivity index (χ1v) is 7.51. The molecule has 0 amide bonds. The topological polar surface area (TPSA) is 12.0 Å². The maximum absolute atomic E-state index is 3.61. The summed E-state index contributed by atoms with van der Waals surface area (Å²) in [6.07, 6.45) is 1.17. The lowest BCUT2D eigenvalue weighted by atomic mass is 9.96. The second-order valence-electron chi connectivity index (χ2n) is 5.69. The lowest BCUT2D eigenvalue weighted by Crippen LogP contribution is -2.21. The minimum absolute atomic E-state index is 0.418. The minimum atomic E-state index is 0.418. The molecule has 20 heavy (non-hydrogen) atoms. The van der Waals surface area contributed by atoms with Crippen LogP contribution in [-0.2, 0) is 0 Å². The van der Waals surface area contributed by atoms with Crippen LogP contribution < -0.4 is 5.32 Å². The van der Waals surface area contributed by atoms with Crippen LogP contribution in [0, 0.1) is 6.92 Å². The van der Waals surface area contributed by atoms with E-state index in [-0.39, 0.29) is 0 Å². The van der Waals surface area contributed by atoms with Gasteiger partial charge < -0.3 is 5.32 Å². The quantitative estimate of drug-likeness (QED) is 0.789. The molecule has 1 unspecified atom stereocenters. The van der Waals surface area contributed by atoms with Gasteiger partial charge in [0, 0.05) is 6.04 Å². The summed E-state index contributed by atoms with van der Waals surface area (Å²) in [7, 11) is 0. The van der Waals surface area contributed by atoms with Crippen LogP contribution in [-0.4, -0.2) is 6.54 Å². The molecule has 0 spiro atoms. The van der Waals surface area contributed by atoms with Crippen molar-refractivity contribution in [3.63, 3.8) is 0 Å². The third-order valence-electron chi connectivity index (χ3n) is 3.97. The van der Waals surface area contributed by atoms with E-state index in [1.165, 1.54) is 23.1 Å². The van der Waals surface area contributed by atoms with Gasteiger partial charge in [0.2, 0.25) is 0 Å². The largest absolute Gasteiger partial charge is 0.310 e. The summed E-state index contributed by atoms with van der Waals surface area (Å²) in [5.74, 6) is 0.603. The fraction of sp³-hybridized carbons (Fsp3) is 0.368. The molecule has 1 N–H and O–H groups in total. The molecule has 0 fully saturated rings. The molecule has 2 aromatic rings. The van der Waals surface area contributed by atoms with Gasteiger partial charge in [-0.15, -0.1) is 0 Å². The lowest BCUT2D eigenvalue weighted by Gasteiger charge is -2.17. The average Bonchev–Trinajstić information content (AvgIpc) is 2.48. The van der Waals surface area contributed by atoms with Crippen molar-refractivity contribution in [1.82, 2.24) is 5.32 Å². The van der Waals surface area contributed by atoms with Crippen molar-refractivity contribution in [2.24, 2.45) is 0 Å². The smallest absolute Gasteiger partial charge is 0.0291 e. The second-order valence-corrected chi connectivity index (χ2v) is 5.69. The van der Waals surface area contributed by atoms with Crippen LogP contribution in [0.25, 0.3) is 0 Å². The van der Waals surface area contributed by atoms with Crippen molar-refractivity contribution < 1.29 is 0 Å². The standard InChI is InChI=1S/C19H25N/c1-15-9-11-18(12-10-15)16(2)13-14-20-17(3)19-7-5-4-6-8-19/h4-12,16-17,20H,13-14H2,1-3H3/t16?,17-/m0/s1. The highest BCUT2D eigenvalue weighted by atomic mass is 14.9. The summed E-state index contributed by atoms with van der Waals surface area (Å²) >= 11 is 0. The first-order chi connectivity index (χ1) is 9.66. The molecule has 0 saturated carbocycles. The summed E-state index contributed by atoms with van der Waals surface area (Å²) in [6, 6.07) is 19.9. The zero-order valence-electron chi connectivity index (χ0n) is 12.8. The Balaban J connectivity index is 1.79. The molecule has 2 atom stereocenters. The Hall–Kier alpha value is -1.60. The van der Waals surface area contributed by atoms with Gasteiger partial charge in [-0.05, 0) is 43.9 Å². The van der Waals surface area contributed by atoms with Crippen molar-refractivity contribution in [2.75, 3.05) is 6.54 Å². The van der Waals surface area contributed by atoms with Crippen molar-refractivity contribution in [2.45, 2.75) is 39.2 Å². The third-order valence-corrected chi connectivity index (χ3v) is 3.97. The first-order valence-electron chi connectivity index (χ1n) is 7.51. The van der Waals surface area contributed by atoms with E-state index in [0.29, 0.717) is 12.0 Å². The van der Waals surface area contributed by atoms with Crippen LogP contribution >= 0.6 is 0 Å². The van der Waals surface area contributed by atoms with Crippen LogP contribution in [0.15, 0.2) is 54.6 Å². The SMILES string of the molecule is Cc1ccc(C(C)CCN[C@@H](C)c2ccccc2)cc1. The van der Waals surface area contributed by atoms with Crippen LogP contribution in [0.4, 0.5) is 0 Å². The highest BCUT2D eigenvalue weighted by Crippen LogP contribution is 2.19. The van der Waals surface area contributed by atoms with E-state index in [1.54, 1.807) is 0 Å². The van der Waals surface area contributed by atoms with Gasteiger partial charge in [-0.2, -0.15) is 0 Å². The van der Waals surface area contributed by atoms with Crippen molar-refractivity contribution in [3.05, 3.63) is 71.3 Å². The highest BCUT2D eigenvalue weighted by Gasteiger charge is 2.07. The normalized spacial score (nSPS) is 13.9. The van der Waals surface area contributed by atoms with Crippen LogP contribution in [0.3, 0.4) is 0 Å². The zero-order chi connectivity index (χ0) is 14.4. The Kier molecular flexibility index (Phi) is 5.37. The molecule has 0 aromatic heterocycles. The van der Waals surface area contributed by atoms with Crippen molar-refractivity contribution in [1.29, 1.82) is 0 Å². The molecule has 1 heteroatoms. The molecular formula is C19H25N. The van der Waals surface area contributed by atoms with Gasteiger partial charge >= 0.3 is 0 Å². The van der Waals surface area contributed by atoms with Gasteiger partial charge in [-0.1, -0.05) is 67.1 Å². The van der Waals surface area contributed by atoms with Gasteiger partial charge in [-0.3, -0.25) is 0 Å². The average molecular weight is 267 g/mol. The number of rotatable bonds is 6. The summed E-state index contributed by atoms with van der Waals surface area (Å²) in [5, 5.41) is 3.61. The van der Waals surface area contributed by atoms with Gasteiger partial charge in [0.05, 0.1) is 0 Å². The van der Waals surface area contributed by atoms with E-state index in [4.69, 9.17) is 0 Å². The molecule has 0 aliphatic rings.